The van der Waals surface area contributed by atoms with Gasteiger partial charge in [-0.05, 0) is 36.6 Å². The Morgan fingerprint density at radius 3 is 2.45 bits per heavy atom. The predicted molar refractivity (Wildman–Crippen MR) is 80.2 cm³/mol. The number of carbonyl (C=O) groups excluding carboxylic acids is 1. The predicted octanol–water partition coefficient (Wildman–Crippen LogP) is 4.70. The number of amides is 1. The number of benzene rings is 2. The molecule has 0 fully saturated rings. The lowest BCUT2D eigenvalue weighted by Gasteiger charge is -2.08. The van der Waals surface area contributed by atoms with Gasteiger partial charge in [0.25, 0.3) is 5.91 Å². The highest BCUT2D eigenvalue weighted by atomic mass is 79.9. The first-order valence-electron chi connectivity index (χ1n) is 5.61. The number of carbonyl (C=O) groups is 1. The van der Waals surface area contributed by atoms with Crippen molar-refractivity contribution in [1.29, 1.82) is 0 Å². The van der Waals surface area contributed by atoms with E-state index in [2.05, 4.69) is 21.2 Å². The quantitative estimate of drug-likeness (QED) is 0.806. The summed E-state index contributed by atoms with van der Waals surface area (Å²) in [7, 11) is 0. The number of nitrogens with one attached hydrogen (secondary N) is 1. The Morgan fingerprint density at radius 1 is 1.20 bits per heavy atom. The highest BCUT2D eigenvalue weighted by molar-refractivity contribution is 9.10. The van der Waals surface area contributed by atoms with Crippen LogP contribution >= 0.6 is 27.7 Å². The summed E-state index contributed by atoms with van der Waals surface area (Å²) < 4.78 is 27.6. The summed E-state index contributed by atoms with van der Waals surface area (Å²) in [5.74, 6) is -2.63. The molecule has 2 nitrogen and oxygen atoms in total. The van der Waals surface area contributed by atoms with E-state index < -0.39 is 23.1 Å². The van der Waals surface area contributed by atoms with E-state index in [0.717, 1.165) is 17.0 Å². The standard InChI is InChI=1S/C14H10BrF2NOS/c1-20-10-4-2-3-9(7-10)18-14(19)13-11(16)5-8(15)6-12(13)17/h2-7H,1H3,(H,18,19). The number of halogens is 3. The van der Waals surface area contributed by atoms with Crippen LogP contribution in [0.5, 0.6) is 0 Å². The van der Waals surface area contributed by atoms with Crippen molar-refractivity contribution < 1.29 is 13.6 Å². The normalized spacial score (nSPS) is 10.4. The molecule has 0 radical (unpaired) electrons. The van der Waals surface area contributed by atoms with Crippen LogP contribution in [0.25, 0.3) is 0 Å². The number of hydrogen-bond acceptors (Lipinski definition) is 2. The molecule has 2 rings (SSSR count). The molecule has 0 heterocycles. The van der Waals surface area contributed by atoms with Gasteiger partial charge in [0, 0.05) is 15.1 Å². The molecule has 0 atom stereocenters. The molecule has 6 heteroatoms. The summed E-state index contributed by atoms with van der Waals surface area (Å²) in [5, 5.41) is 2.49. The molecular formula is C14H10BrF2NOS. The summed E-state index contributed by atoms with van der Waals surface area (Å²) in [6.07, 6.45) is 1.90. The van der Waals surface area contributed by atoms with E-state index in [-0.39, 0.29) is 4.47 Å². The third-order valence-corrected chi connectivity index (χ3v) is 3.74. The Kier molecular flexibility index (Phi) is 4.77. The van der Waals surface area contributed by atoms with Gasteiger partial charge in [-0.3, -0.25) is 4.79 Å². The summed E-state index contributed by atoms with van der Waals surface area (Å²) in [4.78, 5) is 12.9. The van der Waals surface area contributed by atoms with E-state index in [4.69, 9.17) is 0 Å². The van der Waals surface area contributed by atoms with Gasteiger partial charge in [-0.15, -0.1) is 11.8 Å². The molecule has 0 aromatic heterocycles. The first-order chi connectivity index (χ1) is 9.51. The molecule has 0 aliphatic heterocycles. The molecule has 0 unspecified atom stereocenters. The topological polar surface area (TPSA) is 29.1 Å². The van der Waals surface area contributed by atoms with Crippen molar-refractivity contribution in [2.75, 3.05) is 11.6 Å². The summed E-state index contributed by atoms with van der Waals surface area (Å²) >= 11 is 4.48. The van der Waals surface area contributed by atoms with Gasteiger partial charge in [0.2, 0.25) is 0 Å². The highest BCUT2D eigenvalue weighted by Crippen LogP contribution is 2.22. The SMILES string of the molecule is CSc1cccc(NC(=O)c2c(F)cc(Br)cc2F)c1. The molecule has 1 amide bonds. The van der Waals surface area contributed by atoms with Gasteiger partial charge < -0.3 is 5.32 Å². The molecule has 0 saturated carbocycles. The van der Waals surface area contributed by atoms with E-state index in [1.807, 2.05) is 12.3 Å². The summed E-state index contributed by atoms with van der Waals surface area (Å²) in [5.41, 5.74) is -0.105. The van der Waals surface area contributed by atoms with E-state index in [0.29, 0.717) is 5.69 Å². The lowest BCUT2D eigenvalue weighted by molar-refractivity contribution is 0.101. The van der Waals surface area contributed by atoms with Crippen LogP contribution in [-0.4, -0.2) is 12.2 Å². The maximum atomic E-state index is 13.7. The fourth-order valence-corrected chi connectivity index (χ4v) is 2.51. The van der Waals surface area contributed by atoms with E-state index in [1.165, 1.54) is 11.8 Å². The molecule has 0 spiro atoms. The highest BCUT2D eigenvalue weighted by Gasteiger charge is 2.18. The maximum Gasteiger partial charge on any atom is 0.261 e. The molecule has 20 heavy (non-hydrogen) atoms. The second-order valence-electron chi connectivity index (χ2n) is 3.93. The second-order valence-corrected chi connectivity index (χ2v) is 5.73. The van der Waals surface area contributed by atoms with Crippen LogP contribution in [0.1, 0.15) is 10.4 Å². The zero-order valence-corrected chi connectivity index (χ0v) is 12.8. The van der Waals surface area contributed by atoms with E-state index in [1.54, 1.807) is 18.2 Å². The Bertz CT molecular complexity index is 640. The van der Waals surface area contributed by atoms with Crippen LogP contribution in [0.3, 0.4) is 0 Å². The van der Waals surface area contributed by atoms with Crippen LogP contribution in [0.2, 0.25) is 0 Å². The number of rotatable bonds is 3. The Balaban J connectivity index is 2.28. The molecule has 0 saturated heterocycles. The van der Waals surface area contributed by atoms with Gasteiger partial charge in [-0.2, -0.15) is 0 Å². The van der Waals surface area contributed by atoms with Gasteiger partial charge in [-0.1, -0.05) is 22.0 Å². The van der Waals surface area contributed by atoms with Gasteiger partial charge >= 0.3 is 0 Å². The maximum absolute atomic E-state index is 13.7. The average Bonchev–Trinajstić information content (AvgIpc) is 2.37. The zero-order chi connectivity index (χ0) is 14.7. The van der Waals surface area contributed by atoms with Crippen LogP contribution in [-0.2, 0) is 0 Å². The molecule has 0 bridgehead atoms. The molecule has 2 aromatic rings. The van der Waals surface area contributed by atoms with Gasteiger partial charge in [0.05, 0.1) is 0 Å². The minimum atomic E-state index is -0.907. The third-order valence-electron chi connectivity index (χ3n) is 2.56. The average molecular weight is 358 g/mol. The number of anilines is 1. The minimum Gasteiger partial charge on any atom is -0.322 e. The Hall–Kier alpha value is -1.40. The molecule has 1 N–H and O–H groups in total. The van der Waals surface area contributed by atoms with Gasteiger partial charge in [0.15, 0.2) is 0 Å². The lowest BCUT2D eigenvalue weighted by atomic mass is 10.2. The Morgan fingerprint density at radius 2 is 1.85 bits per heavy atom. The van der Waals surface area contributed by atoms with Crippen molar-refractivity contribution in [3.05, 3.63) is 58.1 Å². The number of hydrogen-bond donors (Lipinski definition) is 1. The zero-order valence-electron chi connectivity index (χ0n) is 10.4. The van der Waals surface area contributed by atoms with E-state index >= 15 is 0 Å². The van der Waals surface area contributed by atoms with E-state index in [9.17, 15) is 13.6 Å². The fourth-order valence-electron chi connectivity index (χ4n) is 1.65. The first kappa shape index (κ1) is 15.0. The monoisotopic (exact) mass is 357 g/mol. The van der Waals surface area contributed by atoms with Gasteiger partial charge in [-0.25, -0.2) is 8.78 Å². The third kappa shape index (κ3) is 3.37. The van der Waals surface area contributed by atoms with Crippen molar-refractivity contribution >= 4 is 39.3 Å². The van der Waals surface area contributed by atoms with Crippen molar-refractivity contribution in [2.24, 2.45) is 0 Å². The molecular weight excluding hydrogens is 348 g/mol. The largest absolute Gasteiger partial charge is 0.322 e. The van der Waals surface area contributed by atoms with Crippen molar-refractivity contribution in [2.45, 2.75) is 4.90 Å². The summed E-state index contributed by atoms with van der Waals surface area (Å²) in [6.45, 7) is 0. The van der Waals surface area contributed by atoms with Crippen LogP contribution < -0.4 is 5.32 Å². The molecule has 104 valence electrons. The van der Waals surface area contributed by atoms with Crippen molar-refractivity contribution in [3.8, 4) is 0 Å². The molecule has 0 aliphatic carbocycles. The number of thioether (sulfide) groups is 1. The fraction of sp³-hybridized carbons (Fsp3) is 0.0714. The summed E-state index contributed by atoms with van der Waals surface area (Å²) in [6, 6.07) is 9.13. The molecule has 0 aliphatic rings. The first-order valence-corrected chi connectivity index (χ1v) is 7.63. The van der Waals surface area contributed by atoms with Crippen LogP contribution in [0.15, 0.2) is 45.8 Å². The van der Waals surface area contributed by atoms with Crippen LogP contribution in [0, 0.1) is 11.6 Å². The van der Waals surface area contributed by atoms with Crippen molar-refractivity contribution in [3.63, 3.8) is 0 Å². The lowest BCUT2D eigenvalue weighted by Crippen LogP contribution is -2.16. The second kappa shape index (κ2) is 6.37. The van der Waals surface area contributed by atoms with Gasteiger partial charge in [0.1, 0.15) is 17.2 Å². The minimum absolute atomic E-state index is 0.244. The smallest absolute Gasteiger partial charge is 0.261 e. The van der Waals surface area contributed by atoms with Crippen molar-refractivity contribution in [1.82, 2.24) is 0 Å². The van der Waals surface area contributed by atoms with Crippen LogP contribution in [0.4, 0.5) is 14.5 Å². The Labute approximate surface area is 127 Å². The molecule has 2 aromatic carbocycles.